The van der Waals surface area contributed by atoms with Crippen molar-refractivity contribution in [2.24, 2.45) is 5.73 Å². The predicted molar refractivity (Wildman–Crippen MR) is 70.8 cm³/mol. The molecule has 0 aromatic heterocycles. The predicted octanol–water partition coefficient (Wildman–Crippen LogP) is 1.11. The van der Waals surface area contributed by atoms with Gasteiger partial charge in [0.1, 0.15) is 5.54 Å². The summed E-state index contributed by atoms with van der Waals surface area (Å²) in [7, 11) is 0. The van der Waals surface area contributed by atoms with Gasteiger partial charge in [-0.25, -0.2) is 0 Å². The molecule has 100 valence electrons. The molecule has 1 aliphatic heterocycles. The lowest BCUT2D eigenvalue weighted by Crippen LogP contribution is -2.59. The Balaban J connectivity index is 2.54. The maximum Gasteiger partial charge on any atom is 0.238 e. The maximum absolute atomic E-state index is 11.6. The molecule has 1 amide bonds. The third-order valence-corrected chi connectivity index (χ3v) is 3.55. The van der Waals surface area contributed by atoms with Gasteiger partial charge >= 0.3 is 0 Å². The van der Waals surface area contributed by atoms with E-state index in [1.165, 1.54) is 25.7 Å². The molecule has 1 aliphatic rings. The van der Waals surface area contributed by atoms with Crippen LogP contribution >= 0.6 is 0 Å². The van der Waals surface area contributed by atoms with Crippen LogP contribution in [0.1, 0.15) is 46.0 Å². The molecule has 0 aliphatic carbocycles. The monoisotopic (exact) mass is 241 g/mol. The number of carbonyl (C=O) groups is 1. The third kappa shape index (κ3) is 4.64. The number of primary amides is 1. The van der Waals surface area contributed by atoms with E-state index >= 15 is 0 Å². The van der Waals surface area contributed by atoms with Crippen LogP contribution in [0.5, 0.6) is 0 Å². The lowest BCUT2D eigenvalue weighted by atomic mass is 10.00. The summed E-state index contributed by atoms with van der Waals surface area (Å²) < 4.78 is 0. The Morgan fingerprint density at radius 2 is 1.88 bits per heavy atom. The van der Waals surface area contributed by atoms with E-state index in [2.05, 4.69) is 17.1 Å². The molecule has 1 rings (SSSR count). The van der Waals surface area contributed by atoms with Gasteiger partial charge in [0, 0.05) is 6.54 Å². The zero-order valence-electron chi connectivity index (χ0n) is 11.3. The molecule has 1 atom stereocenters. The molecule has 1 saturated heterocycles. The van der Waals surface area contributed by atoms with Gasteiger partial charge in [0.2, 0.25) is 5.91 Å². The van der Waals surface area contributed by atoms with Crippen molar-refractivity contribution in [3.05, 3.63) is 0 Å². The minimum atomic E-state index is -0.583. The van der Waals surface area contributed by atoms with Gasteiger partial charge in [0.25, 0.3) is 0 Å². The van der Waals surface area contributed by atoms with Gasteiger partial charge in [-0.1, -0.05) is 19.8 Å². The summed E-state index contributed by atoms with van der Waals surface area (Å²) in [5, 5.41) is 3.30. The van der Waals surface area contributed by atoms with Crippen molar-refractivity contribution in [2.45, 2.75) is 51.5 Å². The zero-order chi connectivity index (χ0) is 12.7. The van der Waals surface area contributed by atoms with Crippen LogP contribution in [-0.4, -0.2) is 42.5 Å². The van der Waals surface area contributed by atoms with Crippen LogP contribution in [-0.2, 0) is 4.79 Å². The lowest BCUT2D eigenvalue weighted by Gasteiger charge is -2.33. The Bertz CT molecular complexity index is 237. The average molecular weight is 241 g/mol. The summed E-state index contributed by atoms with van der Waals surface area (Å²) in [5.74, 6) is -0.241. The molecule has 17 heavy (non-hydrogen) atoms. The van der Waals surface area contributed by atoms with Gasteiger partial charge in [-0.15, -0.1) is 0 Å². The van der Waals surface area contributed by atoms with Crippen LogP contribution in [0.15, 0.2) is 0 Å². The number of nitrogens with one attached hydrogen (secondary N) is 1. The van der Waals surface area contributed by atoms with Crippen molar-refractivity contribution in [3.63, 3.8) is 0 Å². The van der Waals surface area contributed by atoms with Crippen molar-refractivity contribution in [1.29, 1.82) is 0 Å². The first kappa shape index (κ1) is 14.5. The maximum atomic E-state index is 11.6. The van der Waals surface area contributed by atoms with Crippen LogP contribution in [0, 0.1) is 0 Å². The SMILES string of the molecule is CCCNC(C)(CN1CCCCCC1)C(N)=O. The molecule has 1 heterocycles. The largest absolute Gasteiger partial charge is 0.368 e. The van der Waals surface area contributed by atoms with Crippen LogP contribution in [0.4, 0.5) is 0 Å². The highest BCUT2D eigenvalue weighted by Crippen LogP contribution is 2.13. The smallest absolute Gasteiger partial charge is 0.238 e. The molecular weight excluding hydrogens is 214 g/mol. The summed E-state index contributed by atoms with van der Waals surface area (Å²) in [6, 6.07) is 0. The second-order valence-corrected chi connectivity index (χ2v) is 5.31. The first-order valence-corrected chi connectivity index (χ1v) is 6.86. The highest BCUT2D eigenvalue weighted by Gasteiger charge is 2.32. The highest BCUT2D eigenvalue weighted by molar-refractivity contribution is 5.84. The molecular formula is C13H27N3O. The summed E-state index contributed by atoms with van der Waals surface area (Å²) in [6.45, 7) is 7.79. The standard InChI is InChI=1S/C13H27N3O/c1-3-8-15-13(2,12(14)17)11-16-9-6-4-5-7-10-16/h15H,3-11H2,1-2H3,(H2,14,17). The molecule has 4 nitrogen and oxygen atoms in total. The summed E-state index contributed by atoms with van der Waals surface area (Å²) in [6.07, 6.45) is 6.12. The van der Waals surface area contributed by atoms with Gasteiger partial charge in [-0.2, -0.15) is 0 Å². The van der Waals surface area contributed by atoms with E-state index in [4.69, 9.17) is 5.73 Å². The molecule has 0 aromatic rings. The van der Waals surface area contributed by atoms with Crippen molar-refractivity contribution >= 4 is 5.91 Å². The van der Waals surface area contributed by atoms with Crippen molar-refractivity contribution in [3.8, 4) is 0 Å². The van der Waals surface area contributed by atoms with E-state index in [1.807, 2.05) is 6.92 Å². The molecule has 0 saturated carbocycles. The van der Waals surface area contributed by atoms with E-state index in [9.17, 15) is 4.79 Å². The van der Waals surface area contributed by atoms with Gasteiger partial charge in [0.05, 0.1) is 0 Å². The number of rotatable bonds is 6. The Hall–Kier alpha value is -0.610. The number of amides is 1. The van der Waals surface area contributed by atoms with Gasteiger partial charge in [0.15, 0.2) is 0 Å². The van der Waals surface area contributed by atoms with Gasteiger partial charge < -0.3 is 16.0 Å². The van der Waals surface area contributed by atoms with E-state index in [1.54, 1.807) is 0 Å². The molecule has 0 aromatic carbocycles. The molecule has 1 unspecified atom stereocenters. The summed E-state index contributed by atoms with van der Waals surface area (Å²) in [4.78, 5) is 14.0. The Morgan fingerprint density at radius 1 is 1.29 bits per heavy atom. The fraction of sp³-hybridized carbons (Fsp3) is 0.923. The van der Waals surface area contributed by atoms with Crippen molar-refractivity contribution in [2.75, 3.05) is 26.2 Å². The van der Waals surface area contributed by atoms with E-state index in [0.717, 1.165) is 32.6 Å². The van der Waals surface area contributed by atoms with Gasteiger partial charge in [-0.3, -0.25) is 4.79 Å². The summed E-state index contributed by atoms with van der Waals surface area (Å²) in [5.41, 5.74) is 4.96. The van der Waals surface area contributed by atoms with Crippen LogP contribution in [0.25, 0.3) is 0 Å². The number of nitrogens with zero attached hydrogens (tertiary/aromatic N) is 1. The van der Waals surface area contributed by atoms with Gasteiger partial charge in [-0.05, 0) is 45.8 Å². The number of hydrogen-bond donors (Lipinski definition) is 2. The van der Waals surface area contributed by atoms with E-state index < -0.39 is 5.54 Å². The first-order valence-electron chi connectivity index (χ1n) is 6.86. The molecule has 0 bridgehead atoms. The molecule has 4 heteroatoms. The molecule has 3 N–H and O–H groups in total. The summed E-state index contributed by atoms with van der Waals surface area (Å²) >= 11 is 0. The third-order valence-electron chi connectivity index (χ3n) is 3.55. The normalized spacial score (nSPS) is 21.8. The second-order valence-electron chi connectivity index (χ2n) is 5.31. The second kappa shape index (κ2) is 6.97. The number of hydrogen-bond acceptors (Lipinski definition) is 3. The van der Waals surface area contributed by atoms with Crippen LogP contribution in [0.3, 0.4) is 0 Å². The fourth-order valence-electron chi connectivity index (χ4n) is 2.36. The molecule has 0 spiro atoms. The zero-order valence-corrected chi connectivity index (χ0v) is 11.3. The number of carbonyl (C=O) groups excluding carboxylic acids is 1. The van der Waals surface area contributed by atoms with Crippen molar-refractivity contribution in [1.82, 2.24) is 10.2 Å². The lowest BCUT2D eigenvalue weighted by molar-refractivity contribution is -0.124. The quantitative estimate of drug-likeness (QED) is 0.732. The highest BCUT2D eigenvalue weighted by atomic mass is 16.1. The Kier molecular flexibility index (Phi) is 5.92. The fourth-order valence-corrected chi connectivity index (χ4v) is 2.36. The number of likely N-dealkylation sites (tertiary alicyclic amines) is 1. The topological polar surface area (TPSA) is 58.4 Å². The minimum Gasteiger partial charge on any atom is -0.368 e. The van der Waals surface area contributed by atoms with E-state index in [-0.39, 0.29) is 5.91 Å². The number of nitrogens with two attached hydrogens (primary N) is 1. The van der Waals surface area contributed by atoms with E-state index in [0.29, 0.717) is 0 Å². The molecule has 0 radical (unpaired) electrons. The van der Waals surface area contributed by atoms with Crippen LogP contribution < -0.4 is 11.1 Å². The Morgan fingerprint density at radius 3 is 2.35 bits per heavy atom. The molecule has 1 fully saturated rings. The average Bonchev–Trinajstić information content (AvgIpc) is 2.54. The first-order chi connectivity index (χ1) is 8.08. The minimum absolute atomic E-state index is 0.241. The van der Waals surface area contributed by atoms with Crippen molar-refractivity contribution < 1.29 is 4.79 Å². The Labute approximate surface area is 105 Å². The van der Waals surface area contributed by atoms with Crippen LogP contribution in [0.2, 0.25) is 0 Å².